The van der Waals surface area contributed by atoms with Crippen LogP contribution in [0.1, 0.15) is 63.9 Å². The van der Waals surface area contributed by atoms with Crippen molar-refractivity contribution in [3.63, 3.8) is 0 Å². The van der Waals surface area contributed by atoms with Crippen molar-refractivity contribution in [2.75, 3.05) is 125 Å². The van der Waals surface area contributed by atoms with Crippen molar-refractivity contribution in [1.29, 1.82) is 0 Å². The smallest absolute Gasteiger partial charge is 0.350 e. The molecule has 0 aliphatic carbocycles. The summed E-state index contributed by atoms with van der Waals surface area (Å²) in [7, 11) is 19.9. The van der Waals surface area contributed by atoms with Gasteiger partial charge in [-0.15, -0.1) is 0 Å². The summed E-state index contributed by atoms with van der Waals surface area (Å²) in [6, 6.07) is 11.8. The van der Waals surface area contributed by atoms with Gasteiger partial charge < -0.3 is 70.5 Å². The molecule has 0 spiro atoms. The zero-order valence-electron chi connectivity index (χ0n) is 43.6. The van der Waals surface area contributed by atoms with E-state index in [1.54, 1.807) is 78.2 Å². The summed E-state index contributed by atoms with van der Waals surface area (Å²) >= 11 is 6.42. The Morgan fingerprint density at radius 1 is 0.569 bits per heavy atom. The zero-order chi connectivity index (χ0) is 51.9. The first-order valence-electron chi connectivity index (χ1n) is 23.8. The van der Waals surface area contributed by atoms with Crippen molar-refractivity contribution >= 4 is 23.5 Å². The van der Waals surface area contributed by atoms with Gasteiger partial charge in [0.25, 0.3) is 0 Å². The Hall–Kier alpha value is -6.43. The molecule has 390 valence electrons. The molecule has 0 amide bonds. The van der Waals surface area contributed by atoms with Crippen LogP contribution < -0.4 is 52.1 Å². The Morgan fingerprint density at radius 3 is 1.68 bits per heavy atom. The number of likely N-dealkylation sites (N-methyl/N-ethyl adjacent to an activating group) is 1. The molecule has 0 unspecified atom stereocenters. The molecule has 4 atom stereocenters. The van der Waals surface area contributed by atoms with E-state index in [2.05, 4.69) is 7.05 Å². The van der Waals surface area contributed by atoms with Crippen molar-refractivity contribution in [1.82, 2.24) is 0 Å². The molecule has 0 saturated carbocycles. The van der Waals surface area contributed by atoms with E-state index in [0.717, 1.165) is 71.0 Å². The maximum absolute atomic E-state index is 13.3. The topological polar surface area (TPSA) is 154 Å². The van der Waals surface area contributed by atoms with Gasteiger partial charge in [-0.25, -0.2) is 9.59 Å². The number of esters is 2. The molecule has 0 saturated heterocycles. The first kappa shape index (κ1) is 53.4. The maximum atomic E-state index is 13.3. The average molecular weight is 1020 g/mol. The molecule has 0 bridgehead atoms. The highest BCUT2D eigenvalue weighted by atomic mass is 35.5. The summed E-state index contributed by atoms with van der Waals surface area (Å²) < 4.78 is 76.4. The predicted molar refractivity (Wildman–Crippen MR) is 268 cm³/mol. The number of quaternary nitrogens is 2. The Kier molecular flexibility index (Phi) is 17.0. The fourth-order valence-corrected chi connectivity index (χ4v) is 11.4. The minimum Gasteiger partial charge on any atom is -0.493 e. The highest BCUT2D eigenvalue weighted by Crippen LogP contribution is 2.56. The number of halogens is 1. The van der Waals surface area contributed by atoms with Crippen LogP contribution >= 0.6 is 11.6 Å². The summed E-state index contributed by atoms with van der Waals surface area (Å²) in [5.41, 5.74) is 7.39. The van der Waals surface area contributed by atoms with Crippen molar-refractivity contribution in [2.45, 2.75) is 50.7 Å². The Balaban J connectivity index is 1.03. The molecule has 0 fully saturated rings. The van der Waals surface area contributed by atoms with Gasteiger partial charge in [-0.3, -0.25) is 0 Å². The molecule has 18 heteroatoms. The number of methoxy groups -OCH3 is 11. The molecule has 3 heterocycles. The number of hydrogen-bond donors (Lipinski definition) is 0. The number of hydrogen-bond acceptors (Lipinski definition) is 15. The van der Waals surface area contributed by atoms with Crippen LogP contribution in [0.2, 0.25) is 0 Å². The van der Waals surface area contributed by atoms with E-state index in [1.807, 2.05) is 36.4 Å². The fraction of sp³-hybridized carbons (Fsp3) is 0.481. The van der Waals surface area contributed by atoms with Crippen molar-refractivity contribution < 1.29 is 80.1 Å². The second-order valence-corrected chi connectivity index (χ2v) is 18.6. The number of benzene rings is 4. The van der Waals surface area contributed by atoms with Gasteiger partial charge in [0.2, 0.25) is 17.2 Å². The summed E-state index contributed by atoms with van der Waals surface area (Å²) in [5.74, 6) is 4.75. The number of rotatable bonds is 22. The third kappa shape index (κ3) is 10.2. The second-order valence-electron chi connectivity index (χ2n) is 18.2. The Morgan fingerprint density at radius 2 is 1.08 bits per heavy atom. The number of carbonyl (C=O) groups excluding carboxylic acids is 2. The molecule has 4 aromatic rings. The van der Waals surface area contributed by atoms with Crippen molar-refractivity contribution in [3.8, 4) is 63.2 Å². The van der Waals surface area contributed by atoms with Gasteiger partial charge >= 0.3 is 11.9 Å². The maximum Gasteiger partial charge on any atom is 0.350 e. The standard InChI is InChI=1S/C54H69ClN2O15/c1-56(19-15-32-24-40(60-2)41(61-3)29-36(32)48(56)35-27-42(62-4)50(67-9)43(28-35)63-5)17-13-21-71-46(58)30-38(55)54(59)72-22-14-18-57-20-16-33-25-44(64-6)52(69-11)53(70-12)47(33)39(57)23-34-26-45(65-7)51(68-10)49(66-8)37(34)31-57/h24-30,39,48H,13-23,31H2,1-12H3/q+2/b38-30-/t39-,48+,56+,57-/m1/s1. The zero-order valence-corrected chi connectivity index (χ0v) is 44.3. The molecule has 3 aliphatic heterocycles. The van der Waals surface area contributed by atoms with Gasteiger partial charge in [-0.1, -0.05) is 11.6 Å². The highest BCUT2D eigenvalue weighted by Gasteiger charge is 2.50. The molecule has 0 aromatic heterocycles. The molecule has 3 aliphatic rings. The van der Waals surface area contributed by atoms with Crippen LogP contribution in [0.5, 0.6) is 63.2 Å². The molecule has 7 rings (SSSR count). The molecule has 4 aromatic carbocycles. The van der Waals surface area contributed by atoms with Gasteiger partial charge in [0, 0.05) is 49.3 Å². The van der Waals surface area contributed by atoms with Gasteiger partial charge in [0.05, 0.1) is 136 Å². The third-order valence-corrected chi connectivity index (χ3v) is 14.9. The molecular formula is C54H69ClN2O15+2. The SMILES string of the molecule is COc1cc2c(cc1OC)[C@H](c1cc(OC)c(OC)c(OC)c1)[N@@+](C)(CCCOC(=O)/C=C(\Cl)C(=O)OCCC[N@+]13CCc4cc(OC)c(OC)c(OC)c4[C@H]1Cc1cc(OC)c(OC)c(OC)c1C3)CC2. The van der Waals surface area contributed by atoms with Crippen LogP contribution in [0, 0.1) is 0 Å². The summed E-state index contributed by atoms with van der Waals surface area (Å²) in [6.07, 6.45) is 4.11. The predicted octanol–water partition coefficient (Wildman–Crippen LogP) is 7.73. The Bertz CT molecular complexity index is 2650. The van der Waals surface area contributed by atoms with E-state index in [4.69, 9.17) is 73.2 Å². The molecule has 17 nitrogen and oxygen atoms in total. The van der Waals surface area contributed by atoms with Gasteiger partial charge in [0.1, 0.15) is 23.7 Å². The van der Waals surface area contributed by atoms with Crippen LogP contribution in [-0.4, -0.2) is 146 Å². The van der Waals surface area contributed by atoms with E-state index >= 15 is 0 Å². The fourth-order valence-electron chi connectivity index (χ4n) is 11.3. The average Bonchev–Trinajstić information content (AvgIpc) is 3.40. The monoisotopic (exact) mass is 1020 g/mol. The van der Waals surface area contributed by atoms with E-state index in [0.29, 0.717) is 111 Å². The minimum atomic E-state index is -0.819. The second kappa shape index (κ2) is 23.0. The number of fused-ring (bicyclic) bond motifs is 5. The van der Waals surface area contributed by atoms with Gasteiger partial charge in [-0.2, -0.15) is 0 Å². The van der Waals surface area contributed by atoms with Gasteiger partial charge in [-0.05, 0) is 53.1 Å². The highest BCUT2D eigenvalue weighted by molar-refractivity contribution is 6.42. The van der Waals surface area contributed by atoms with Crippen molar-refractivity contribution in [3.05, 3.63) is 86.5 Å². The van der Waals surface area contributed by atoms with Crippen LogP contribution in [-0.2, 0) is 44.9 Å². The van der Waals surface area contributed by atoms with Crippen LogP contribution in [0.25, 0.3) is 0 Å². The molecule has 72 heavy (non-hydrogen) atoms. The summed E-state index contributed by atoms with van der Waals surface area (Å²) in [5, 5.41) is -0.376. The number of nitrogens with zero attached hydrogens (tertiary/aromatic N) is 2. The lowest BCUT2D eigenvalue weighted by Gasteiger charge is -2.52. The lowest BCUT2D eigenvalue weighted by atomic mass is 9.80. The minimum absolute atomic E-state index is 0.0574. The lowest BCUT2D eigenvalue weighted by Crippen LogP contribution is -2.57. The Labute approximate surface area is 427 Å². The summed E-state index contributed by atoms with van der Waals surface area (Å²) in [4.78, 5) is 26.4. The lowest BCUT2D eigenvalue weighted by molar-refractivity contribution is -0.973. The van der Waals surface area contributed by atoms with E-state index in [1.165, 1.54) is 0 Å². The molecular weight excluding hydrogens is 952 g/mol. The summed E-state index contributed by atoms with van der Waals surface area (Å²) in [6.45, 7) is 3.54. The van der Waals surface area contributed by atoms with Crippen LogP contribution in [0.4, 0.5) is 0 Å². The van der Waals surface area contributed by atoms with E-state index < -0.39 is 11.9 Å². The number of ether oxygens (including phenoxy) is 13. The first-order valence-corrected chi connectivity index (χ1v) is 24.2. The van der Waals surface area contributed by atoms with Crippen LogP contribution in [0.15, 0.2) is 47.5 Å². The largest absolute Gasteiger partial charge is 0.493 e. The number of carbonyl (C=O) groups is 2. The third-order valence-electron chi connectivity index (χ3n) is 14.6. The quantitative estimate of drug-likeness (QED) is 0.0326. The van der Waals surface area contributed by atoms with Crippen LogP contribution in [0.3, 0.4) is 0 Å². The van der Waals surface area contributed by atoms with E-state index in [9.17, 15) is 9.59 Å². The normalized spacial score (nSPS) is 19.8. The van der Waals surface area contributed by atoms with Crippen molar-refractivity contribution in [2.24, 2.45) is 0 Å². The van der Waals surface area contributed by atoms with Gasteiger partial charge in [0.15, 0.2) is 46.0 Å². The first-order chi connectivity index (χ1) is 34.8. The molecule has 0 radical (unpaired) electrons. The molecule has 0 N–H and O–H groups in total. The van der Waals surface area contributed by atoms with E-state index in [-0.39, 0.29) is 30.3 Å².